The van der Waals surface area contributed by atoms with E-state index in [1.165, 1.54) is 5.56 Å². The molecule has 1 aliphatic heterocycles. The number of carbonyl (C=O) groups is 1. The lowest BCUT2D eigenvalue weighted by Gasteiger charge is -2.30. The normalized spacial score (nSPS) is 17.9. The molecule has 104 valence electrons. The van der Waals surface area contributed by atoms with E-state index in [1.54, 1.807) is 0 Å². The fourth-order valence-corrected chi connectivity index (χ4v) is 2.90. The Balaban J connectivity index is 2.10. The maximum Gasteiger partial charge on any atom is 0.306 e. The minimum atomic E-state index is -0.0742. The van der Waals surface area contributed by atoms with Gasteiger partial charge in [0, 0.05) is 0 Å². The Hall–Kier alpha value is -1.35. The second kappa shape index (κ2) is 7.29. The van der Waals surface area contributed by atoms with Gasteiger partial charge in [0.1, 0.15) is 0 Å². The number of piperidine rings is 1. The second-order valence-electron chi connectivity index (χ2n) is 5.11. The summed E-state index contributed by atoms with van der Waals surface area (Å²) in [5.74, 6) is 0.797. The van der Waals surface area contributed by atoms with Crippen LogP contribution in [-0.2, 0) is 9.53 Å². The molecule has 0 saturated carbocycles. The smallest absolute Gasteiger partial charge is 0.306 e. The van der Waals surface area contributed by atoms with Gasteiger partial charge in [0.05, 0.1) is 13.0 Å². The zero-order valence-electron chi connectivity index (χ0n) is 11.6. The number of carbonyl (C=O) groups excluding carboxylic acids is 1. The molecule has 1 aromatic carbocycles. The number of esters is 1. The SMILES string of the molecule is CCOC(=O)C[C@@H](c1ccccc1)C1CCNCC1. The van der Waals surface area contributed by atoms with Gasteiger partial charge in [-0.1, -0.05) is 30.3 Å². The third kappa shape index (κ3) is 4.06. The van der Waals surface area contributed by atoms with Gasteiger partial charge in [0.15, 0.2) is 0 Å². The van der Waals surface area contributed by atoms with Crippen molar-refractivity contribution < 1.29 is 9.53 Å². The third-order valence-electron chi connectivity index (χ3n) is 3.87. The first-order valence-corrected chi connectivity index (χ1v) is 7.22. The summed E-state index contributed by atoms with van der Waals surface area (Å²) < 4.78 is 5.13. The minimum Gasteiger partial charge on any atom is -0.466 e. The van der Waals surface area contributed by atoms with Gasteiger partial charge in [-0.3, -0.25) is 4.79 Å². The summed E-state index contributed by atoms with van der Waals surface area (Å²) in [6.45, 7) is 4.43. The molecule has 2 rings (SSSR count). The Morgan fingerprint density at radius 2 is 2.00 bits per heavy atom. The summed E-state index contributed by atoms with van der Waals surface area (Å²) in [5.41, 5.74) is 1.27. The number of hydrogen-bond acceptors (Lipinski definition) is 3. The second-order valence-corrected chi connectivity index (χ2v) is 5.11. The van der Waals surface area contributed by atoms with Crippen molar-refractivity contribution in [1.82, 2.24) is 5.32 Å². The highest BCUT2D eigenvalue weighted by Gasteiger charge is 2.27. The zero-order valence-corrected chi connectivity index (χ0v) is 11.6. The summed E-state index contributed by atoms with van der Waals surface area (Å²) in [6.07, 6.45) is 2.78. The first-order valence-electron chi connectivity index (χ1n) is 7.22. The van der Waals surface area contributed by atoms with Crippen LogP contribution in [0.4, 0.5) is 0 Å². The van der Waals surface area contributed by atoms with E-state index in [1.807, 2.05) is 13.0 Å². The quantitative estimate of drug-likeness (QED) is 0.828. The maximum absolute atomic E-state index is 11.8. The van der Waals surface area contributed by atoms with E-state index in [9.17, 15) is 4.79 Å². The standard InChI is InChI=1S/C16H23NO2/c1-2-19-16(18)12-15(13-6-4-3-5-7-13)14-8-10-17-11-9-14/h3-7,14-15,17H,2,8-12H2,1H3/t15-/m0/s1. The Kier molecular flexibility index (Phi) is 5.40. The summed E-state index contributed by atoms with van der Waals surface area (Å²) in [6, 6.07) is 10.4. The lowest BCUT2D eigenvalue weighted by atomic mass is 9.78. The molecule has 0 amide bonds. The molecular formula is C16H23NO2. The largest absolute Gasteiger partial charge is 0.466 e. The van der Waals surface area contributed by atoms with Crippen LogP contribution in [0.1, 0.15) is 37.7 Å². The van der Waals surface area contributed by atoms with Crippen molar-refractivity contribution in [3.05, 3.63) is 35.9 Å². The van der Waals surface area contributed by atoms with Crippen molar-refractivity contribution in [3.63, 3.8) is 0 Å². The fourth-order valence-electron chi connectivity index (χ4n) is 2.90. The average molecular weight is 261 g/mol. The van der Waals surface area contributed by atoms with Crippen molar-refractivity contribution in [2.24, 2.45) is 5.92 Å². The molecule has 0 aromatic heterocycles. The highest BCUT2D eigenvalue weighted by molar-refractivity contribution is 5.70. The van der Waals surface area contributed by atoms with Crippen LogP contribution < -0.4 is 5.32 Å². The van der Waals surface area contributed by atoms with Gasteiger partial charge >= 0.3 is 5.97 Å². The van der Waals surface area contributed by atoms with Crippen LogP contribution in [0.15, 0.2) is 30.3 Å². The van der Waals surface area contributed by atoms with Gasteiger partial charge in [-0.15, -0.1) is 0 Å². The number of rotatable bonds is 5. The number of nitrogens with one attached hydrogen (secondary N) is 1. The van der Waals surface area contributed by atoms with E-state index < -0.39 is 0 Å². The molecule has 1 aromatic rings. The average Bonchev–Trinajstić information content (AvgIpc) is 2.47. The van der Waals surface area contributed by atoms with Crippen LogP contribution in [0, 0.1) is 5.92 Å². The van der Waals surface area contributed by atoms with Crippen molar-refractivity contribution in [2.45, 2.75) is 32.1 Å². The number of hydrogen-bond donors (Lipinski definition) is 1. The fraction of sp³-hybridized carbons (Fsp3) is 0.562. The van der Waals surface area contributed by atoms with Crippen LogP contribution in [0.2, 0.25) is 0 Å². The molecular weight excluding hydrogens is 238 g/mol. The Bertz CT molecular complexity index is 385. The highest BCUT2D eigenvalue weighted by atomic mass is 16.5. The molecule has 0 aliphatic carbocycles. The van der Waals surface area contributed by atoms with E-state index >= 15 is 0 Å². The van der Waals surface area contributed by atoms with Crippen molar-refractivity contribution >= 4 is 5.97 Å². The molecule has 1 atom stereocenters. The molecule has 1 saturated heterocycles. The minimum absolute atomic E-state index is 0.0742. The van der Waals surface area contributed by atoms with Crippen molar-refractivity contribution in [1.29, 1.82) is 0 Å². The van der Waals surface area contributed by atoms with E-state index in [4.69, 9.17) is 4.74 Å². The van der Waals surface area contributed by atoms with Crippen LogP contribution in [0.25, 0.3) is 0 Å². The highest BCUT2D eigenvalue weighted by Crippen LogP contribution is 2.34. The molecule has 0 bridgehead atoms. The molecule has 1 heterocycles. The van der Waals surface area contributed by atoms with Gasteiger partial charge in [-0.25, -0.2) is 0 Å². The molecule has 3 nitrogen and oxygen atoms in total. The molecule has 0 spiro atoms. The van der Waals surface area contributed by atoms with Gasteiger partial charge < -0.3 is 10.1 Å². The van der Waals surface area contributed by atoms with Crippen LogP contribution >= 0.6 is 0 Å². The Labute approximate surface area is 115 Å². The van der Waals surface area contributed by atoms with Gasteiger partial charge in [-0.2, -0.15) is 0 Å². The molecule has 3 heteroatoms. The van der Waals surface area contributed by atoms with E-state index in [0.717, 1.165) is 25.9 Å². The molecule has 1 N–H and O–H groups in total. The Morgan fingerprint density at radius 3 is 2.63 bits per heavy atom. The predicted octanol–water partition coefficient (Wildman–Crippen LogP) is 2.72. The monoisotopic (exact) mass is 261 g/mol. The first-order chi connectivity index (χ1) is 9.31. The van der Waals surface area contributed by atoms with Crippen LogP contribution in [0.5, 0.6) is 0 Å². The Morgan fingerprint density at radius 1 is 1.32 bits per heavy atom. The topological polar surface area (TPSA) is 38.3 Å². The number of ether oxygens (including phenoxy) is 1. The molecule has 0 radical (unpaired) electrons. The molecule has 1 fully saturated rings. The summed E-state index contributed by atoms with van der Waals surface area (Å²) in [5, 5.41) is 3.38. The van der Waals surface area contributed by atoms with Crippen molar-refractivity contribution in [2.75, 3.05) is 19.7 Å². The zero-order chi connectivity index (χ0) is 13.5. The summed E-state index contributed by atoms with van der Waals surface area (Å²) in [7, 11) is 0. The van der Waals surface area contributed by atoms with E-state index in [2.05, 4.69) is 29.6 Å². The van der Waals surface area contributed by atoms with Gasteiger partial charge in [0.2, 0.25) is 0 Å². The third-order valence-corrected chi connectivity index (χ3v) is 3.87. The van der Waals surface area contributed by atoms with Crippen molar-refractivity contribution in [3.8, 4) is 0 Å². The lowest BCUT2D eigenvalue weighted by molar-refractivity contribution is -0.143. The number of benzene rings is 1. The molecule has 19 heavy (non-hydrogen) atoms. The van der Waals surface area contributed by atoms with Gasteiger partial charge in [0.25, 0.3) is 0 Å². The lowest BCUT2D eigenvalue weighted by Crippen LogP contribution is -2.31. The summed E-state index contributed by atoms with van der Waals surface area (Å²) >= 11 is 0. The van der Waals surface area contributed by atoms with Crippen LogP contribution in [0.3, 0.4) is 0 Å². The first kappa shape index (κ1) is 14.1. The molecule has 1 aliphatic rings. The predicted molar refractivity (Wildman–Crippen MR) is 76.0 cm³/mol. The molecule has 0 unspecified atom stereocenters. The maximum atomic E-state index is 11.8. The van der Waals surface area contributed by atoms with Gasteiger partial charge in [-0.05, 0) is 50.3 Å². The van der Waals surface area contributed by atoms with E-state index in [0.29, 0.717) is 24.9 Å². The van der Waals surface area contributed by atoms with E-state index in [-0.39, 0.29) is 5.97 Å². The summed E-state index contributed by atoms with van der Waals surface area (Å²) in [4.78, 5) is 11.8. The van der Waals surface area contributed by atoms with Crippen LogP contribution in [-0.4, -0.2) is 25.7 Å².